The summed E-state index contributed by atoms with van der Waals surface area (Å²) >= 11 is 0. The number of aryl methyl sites for hydroxylation is 2. The molecule has 0 spiro atoms. The molecule has 1 N–H and O–H groups in total. The minimum atomic E-state index is -0.173. The third-order valence-corrected chi connectivity index (χ3v) is 4.90. The van der Waals surface area contributed by atoms with Crippen molar-refractivity contribution in [3.8, 4) is 22.7 Å². The summed E-state index contributed by atoms with van der Waals surface area (Å²) in [7, 11) is 1.64. The zero-order valence-electron chi connectivity index (χ0n) is 17.2. The van der Waals surface area contributed by atoms with E-state index in [9.17, 15) is 4.79 Å². The fourth-order valence-corrected chi connectivity index (χ4v) is 3.23. The third-order valence-electron chi connectivity index (χ3n) is 4.90. The number of methoxy groups -OCH3 is 1. The van der Waals surface area contributed by atoms with Gasteiger partial charge in [0.15, 0.2) is 0 Å². The Balaban J connectivity index is 1.73. The molecule has 30 heavy (non-hydrogen) atoms. The van der Waals surface area contributed by atoms with Gasteiger partial charge >= 0.3 is 0 Å². The molecule has 1 amide bonds. The van der Waals surface area contributed by atoms with Gasteiger partial charge in [-0.05, 0) is 62.4 Å². The fraction of sp³-hybridized carbons (Fsp3) is 0.120. The van der Waals surface area contributed by atoms with Gasteiger partial charge < -0.3 is 10.1 Å². The van der Waals surface area contributed by atoms with E-state index >= 15 is 0 Å². The topological polar surface area (TPSA) is 56.1 Å². The van der Waals surface area contributed by atoms with Gasteiger partial charge in [-0.1, -0.05) is 35.4 Å². The number of anilines is 1. The monoisotopic (exact) mass is 397 g/mol. The van der Waals surface area contributed by atoms with Gasteiger partial charge in [-0.2, -0.15) is 5.10 Å². The molecule has 4 rings (SSSR count). The van der Waals surface area contributed by atoms with Gasteiger partial charge in [-0.15, -0.1) is 0 Å². The van der Waals surface area contributed by atoms with Gasteiger partial charge in [-0.25, -0.2) is 4.68 Å². The molecule has 0 aliphatic carbocycles. The van der Waals surface area contributed by atoms with E-state index in [0.717, 1.165) is 33.8 Å². The van der Waals surface area contributed by atoms with Crippen LogP contribution in [0.5, 0.6) is 5.75 Å². The Kier molecular flexibility index (Phi) is 5.35. The smallest absolute Gasteiger partial charge is 0.256 e. The van der Waals surface area contributed by atoms with Crippen molar-refractivity contribution in [2.75, 3.05) is 12.4 Å². The van der Waals surface area contributed by atoms with E-state index < -0.39 is 0 Å². The number of hydrogen-bond donors (Lipinski definition) is 1. The standard InChI is InChI=1S/C25H23N3O2/c1-17-7-11-21(12-8-17)28-24(26-25(29)20-6-4-5-18(2)15-20)16-23(27-28)19-9-13-22(30-3)14-10-19/h4-16H,1-3H3,(H,26,29). The molecule has 0 fully saturated rings. The van der Waals surface area contributed by atoms with Crippen molar-refractivity contribution >= 4 is 11.7 Å². The number of hydrogen-bond acceptors (Lipinski definition) is 3. The Labute approximate surface area is 175 Å². The highest BCUT2D eigenvalue weighted by molar-refractivity contribution is 6.04. The first-order valence-electron chi connectivity index (χ1n) is 9.73. The van der Waals surface area contributed by atoms with E-state index in [1.165, 1.54) is 0 Å². The number of aromatic nitrogens is 2. The second-order valence-corrected chi connectivity index (χ2v) is 7.21. The van der Waals surface area contributed by atoms with Gasteiger partial charge in [0.25, 0.3) is 5.91 Å². The third kappa shape index (κ3) is 4.10. The summed E-state index contributed by atoms with van der Waals surface area (Å²) in [5, 5.41) is 7.78. The maximum absolute atomic E-state index is 12.9. The van der Waals surface area contributed by atoms with Gasteiger partial charge in [-0.3, -0.25) is 4.79 Å². The molecule has 0 aliphatic heterocycles. The Morgan fingerprint density at radius 2 is 1.63 bits per heavy atom. The molecule has 0 saturated carbocycles. The lowest BCUT2D eigenvalue weighted by Gasteiger charge is -2.09. The molecule has 0 aliphatic rings. The SMILES string of the molecule is COc1ccc(-c2cc(NC(=O)c3cccc(C)c3)n(-c3ccc(C)cc3)n2)cc1. The molecule has 150 valence electrons. The number of amides is 1. The molecule has 0 atom stereocenters. The van der Waals surface area contributed by atoms with Gasteiger partial charge in [0.1, 0.15) is 11.6 Å². The van der Waals surface area contributed by atoms with E-state index in [0.29, 0.717) is 11.4 Å². The van der Waals surface area contributed by atoms with Crippen LogP contribution in [0, 0.1) is 13.8 Å². The van der Waals surface area contributed by atoms with Crippen molar-refractivity contribution < 1.29 is 9.53 Å². The first-order valence-corrected chi connectivity index (χ1v) is 9.73. The second-order valence-electron chi connectivity index (χ2n) is 7.21. The van der Waals surface area contributed by atoms with Crippen LogP contribution in [0.3, 0.4) is 0 Å². The molecule has 4 aromatic rings. The zero-order chi connectivity index (χ0) is 21.1. The average Bonchev–Trinajstić information content (AvgIpc) is 3.18. The van der Waals surface area contributed by atoms with Crippen molar-refractivity contribution in [2.24, 2.45) is 0 Å². The summed E-state index contributed by atoms with van der Waals surface area (Å²) in [6.45, 7) is 4.01. The van der Waals surface area contributed by atoms with Gasteiger partial charge in [0.2, 0.25) is 0 Å². The number of nitrogens with zero attached hydrogens (tertiary/aromatic N) is 2. The molecule has 0 bridgehead atoms. The molecule has 0 unspecified atom stereocenters. The molecule has 5 nitrogen and oxygen atoms in total. The van der Waals surface area contributed by atoms with E-state index in [4.69, 9.17) is 9.84 Å². The molecular weight excluding hydrogens is 374 g/mol. The molecule has 1 aromatic heterocycles. The normalized spacial score (nSPS) is 10.6. The van der Waals surface area contributed by atoms with E-state index in [2.05, 4.69) is 5.32 Å². The maximum Gasteiger partial charge on any atom is 0.256 e. The quantitative estimate of drug-likeness (QED) is 0.489. The molecule has 5 heteroatoms. The molecule has 0 saturated heterocycles. The van der Waals surface area contributed by atoms with Crippen LogP contribution >= 0.6 is 0 Å². The van der Waals surface area contributed by atoms with E-state index in [1.54, 1.807) is 17.9 Å². The zero-order valence-corrected chi connectivity index (χ0v) is 17.2. The van der Waals surface area contributed by atoms with Crippen molar-refractivity contribution in [3.63, 3.8) is 0 Å². The lowest BCUT2D eigenvalue weighted by Crippen LogP contribution is -2.15. The first-order chi connectivity index (χ1) is 14.5. The minimum absolute atomic E-state index is 0.173. The summed E-state index contributed by atoms with van der Waals surface area (Å²) in [5.41, 5.74) is 5.38. The van der Waals surface area contributed by atoms with Crippen LogP contribution in [0.25, 0.3) is 16.9 Å². The summed E-state index contributed by atoms with van der Waals surface area (Å²) < 4.78 is 7.00. The molecule has 0 radical (unpaired) electrons. The number of carbonyl (C=O) groups is 1. The van der Waals surface area contributed by atoms with Gasteiger partial charge in [0.05, 0.1) is 18.5 Å². The fourth-order valence-electron chi connectivity index (χ4n) is 3.23. The Morgan fingerprint density at radius 3 is 2.30 bits per heavy atom. The van der Waals surface area contributed by atoms with Crippen molar-refractivity contribution in [3.05, 3.63) is 95.6 Å². The van der Waals surface area contributed by atoms with Crippen LogP contribution in [-0.4, -0.2) is 22.8 Å². The highest BCUT2D eigenvalue weighted by atomic mass is 16.5. The maximum atomic E-state index is 12.9. The molecule has 1 heterocycles. The highest BCUT2D eigenvalue weighted by Gasteiger charge is 2.15. The van der Waals surface area contributed by atoms with Crippen molar-refractivity contribution in [2.45, 2.75) is 13.8 Å². The van der Waals surface area contributed by atoms with Crippen LogP contribution in [0.2, 0.25) is 0 Å². The van der Waals surface area contributed by atoms with Crippen LogP contribution in [-0.2, 0) is 0 Å². The lowest BCUT2D eigenvalue weighted by molar-refractivity contribution is 0.102. The minimum Gasteiger partial charge on any atom is -0.497 e. The van der Waals surface area contributed by atoms with Crippen molar-refractivity contribution in [1.29, 1.82) is 0 Å². The Bertz CT molecular complexity index is 1180. The summed E-state index contributed by atoms with van der Waals surface area (Å²) in [4.78, 5) is 12.9. The number of nitrogens with one attached hydrogen (secondary N) is 1. The van der Waals surface area contributed by atoms with Crippen LogP contribution in [0.15, 0.2) is 78.9 Å². The predicted molar refractivity (Wildman–Crippen MR) is 119 cm³/mol. The van der Waals surface area contributed by atoms with E-state index in [-0.39, 0.29) is 5.91 Å². The van der Waals surface area contributed by atoms with Crippen molar-refractivity contribution in [1.82, 2.24) is 9.78 Å². The van der Waals surface area contributed by atoms with Crippen LogP contribution in [0.4, 0.5) is 5.82 Å². The van der Waals surface area contributed by atoms with Gasteiger partial charge in [0, 0.05) is 17.2 Å². The Morgan fingerprint density at radius 1 is 0.900 bits per heavy atom. The number of carbonyl (C=O) groups excluding carboxylic acids is 1. The molecular formula is C25H23N3O2. The number of benzene rings is 3. The summed E-state index contributed by atoms with van der Waals surface area (Å²) in [6, 6.07) is 25.1. The second kappa shape index (κ2) is 8.25. The average molecular weight is 397 g/mol. The van der Waals surface area contributed by atoms with Crippen LogP contribution in [0.1, 0.15) is 21.5 Å². The number of rotatable bonds is 5. The predicted octanol–water partition coefficient (Wildman–Crippen LogP) is 5.42. The van der Waals surface area contributed by atoms with E-state index in [1.807, 2.05) is 86.6 Å². The summed E-state index contributed by atoms with van der Waals surface area (Å²) in [6.07, 6.45) is 0. The lowest BCUT2D eigenvalue weighted by atomic mass is 10.1. The van der Waals surface area contributed by atoms with Crippen LogP contribution < -0.4 is 10.1 Å². The number of ether oxygens (including phenoxy) is 1. The highest BCUT2D eigenvalue weighted by Crippen LogP contribution is 2.27. The summed E-state index contributed by atoms with van der Waals surface area (Å²) in [5.74, 6) is 1.22. The molecule has 3 aromatic carbocycles. The Hall–Kier alpha value is -3.86. The largest absolute Gasteiger partial charge is 0.497 e. The first kappa shape index (κ1) is 19.5.